The summed E-state index contributed by atoms with van der Waals surface area (Å²) >= 11 is 0. The van der Waals surface area contributed by atoms with Gasteiger partial charge >= 0.3 is 6.18 Å². The predicted octanol–water partition coefficient (Wildman–Crippen LogP) is 5.33. The maximum Gasteiger partial charge on any atom is 0.419 e. The highest BCUT2D eigenvalue weighted by atomic mass is 19.4. The van der Waals surface area contributed by atoms with Crippen molar-refractivity contribution in [1.29, 1.82) is 0 Å². The van der Waals surface area contributed by atoms with E-state index in [2.05, 4.69) is 10.3 Å². The summed E-state index contributed by atoms with van der Waals surface area (Å²) in [7, 11) is 0. The molecule has 1 aliphatic rings. The van der Waals surface area contributed by atoms with E-state index in [0.717, 1.165) is 12.1 Å². The Hall–Kier alpha value is -3.07. The van der Waals surface area contributed by atoms with Gasteiger partial charge in [0.15, 0.2) is 5.60 Å². The molecule has 0 saturated heterocycles. The summed E-state index contributed by atoms with van der Waals surface area (Å²) in [5.41, 5.74) is -2.58. The average molecular weight is 464 g/mol. The monoisotopic (exact) mass is 464 g/mol. The second kappa shape index (κ2) is 7.76. The Morgan fingerprint density at radius 2 is 1.94 bits per heavy atom. The van der Waals surface area contributed by atoms with Crippen molar-refractivity contribution in [3.8, 4) is 5.75 Å². The molecule has 0 spiro atoms. The number of phenolic OH excluding ortho intramolecular Hbond substituents is 1. The largest absolute Gasteiger partial charge is 0.507 e. The lowest BCUT2D eigenvalue weighted by Crippen LogP contribution is -2.55. The Morgan fingerprint density at radius 1 is 1.24 bits per heavy atom. The highest BCUT2D eigenvalue weighted by Crippen LogP contribution is 2.55. The SMILES string of the molecule is CC[C@@H]1C[C@](O)(C(F)(F)F)C(Nc2cc(=O)[nH]c3c(F)cccc23)c2cc(C)c(C)c(O)c21. The van der Waals surface area contributed by atoms with Crippen LogP contribution in [0, 0.1) is 19.7 Å². The number of aromatic nitrogens is 1. The Balaban J connectivity index is 2.01. The zero-order valence-corrected chi connectivity index (χ0v) is 18.3. The molecule has 4 rings (SSSR count). The van der Waals surface area contributed by atoms with Crippen LogP contribution < -0.4 is 10.9 Å². The van der Waals surface area contributed by atoms with Crippen LogP contribution in [-0.2, 0) is 0 Å². The molecule has 1 heterocycles. The van der Waals surface area contributed by atoms with E-state index in [-0.39, 0.29) is 34.3 Å². The van der Waals surface area contributed by atoms with Crippen LogP contribution in [0.5, 0.6) is 5.75 Å². The summed E-state index contributed by atoms with van der Waals surface area (Å²) < 4.78 is 57.3. The Labute approximate surface area is 187 Å². The maximum absolute atomic E-state index is 14.3. The minimum atomic E-state index is -5.02. The second-order valence-electron chi connectivity index (χ2n) is 8.69. The molecule has 0 bridgehead atoms. The quantitative estimate of drug-likeness (QED) is 0.395. The van der Waals surface area contributed by atoms with E-state index < -0.39 is 41.5 Å². The number of fused-ring (bicyclic) bond motifs is 2. The topological polar surface area (TPSA) is 85.4 Å². The number of anilines is 1. The number of para-hydroxylation sites is 1. The van der Waals surface area contributed by atoms with Gasteiger partial charge in [-0.05, 0) is 55.4 Å². The molecule has 4 N–H and O–H groups in total. The number of pyridine rings is 1. The number of benzene rings is 2. The van der Waals surface area contributed by atoms with E-state index in [0.29, 0.717) is 16.7 Å². The molecule has 1 aliphatic carbocycles. The molecule has 0 saturated carbocycles. The molecule has 1 aromatic heterocycles. The van der Waals surface area contributed by atoms with Crippen LogP contribution in [0.3, 0.4) is 0 Å². The first-order chi connectivity index (χ1) is 15.4. The third-order valence-electron chi connectivity index (χ3n) is 6.75. The standard InChI is InChI=1S/C24H24F4N2O3/c1-4-13-10-23(33,24(26,27)28)22(15-8-11(2)12(3)21(32)19(13)15)29-17-9-18(31)30-20-14(17)6-5-7-16(20)25/h5-9,13,22,32-33H,4,10H2,1-3H3,(H2,29,30,31)/t13-,22?,23-/m1/s1. The molecule has 0 fully saturated rings. The fraction of sp³-hybridized carbons (Fsp3) is 0.375. The first-order valence-electron chi connectivity index (χ1n) is 10.6. The number of aromatic amines is 1. The molecule has 0 amide bonds. The normalized spacial score (nSPS) is 22.9. The average Bonchev–Trinajstić information content (AvgIpc) is 2.73. The van der Waals surface area contributed by atoms with E-state index in [1.165, 1.54) is 18.2 Å². The van der Waals surface area contributed by atoms with Gasteiger partial charge in [0.05, 0.1) is 11.6 Å². The van der Waals surface area contributed by atoms with Crippen molar-refractivity contribution in [2.24, 2.45) is 0 Å². The molecule has 3 atom stereocenters. The number of halogens is 4. The van der Waals surface area contributed by atoms with Crippen molar-refractivity contribution in [2.45, 2.75) is 57.3 Å². The number of aliphatic hydroxyl groups is 1. The van der Waals surface area contributed by atoms with Crippen molar-refractivity contribution >= 4 is 16.6 Å². The lowest BCUT2D eigenvalue weighted by Gasteiger charge is -2.46. The molecule has 9 heteroatoms. The van der Waals surface area contributed by atoms with E-state index in [1.54, 1.807) is 20.8 Å². The van der Waals surface area contributed by atoms with Crippen LogP contribution in [0.2, 0.25) is 0 Å². The molecule has 0 aliphatic heterocycles. The summed E-state index contributed by atoms with van der Waals surface area (Å²) in [6, 6.07) is 4.77. The number of phenols is 1. The summed E-state index contributed by atoms with van der Waals surface area (Å²) in [5, 5.41) is 24.8. The highest BCUT2D eigenvalue weighted by molar-refractivity contribution is 5.91. The van der Waals surface area contributed by atoms with E-state index in [1.807, 2.05) is 0 Å². The first-order valence-corrected chi connectivity index (χ1v) is 10.6. The van der Waals surface area contributed by atoms with Crippen LogP contribution in [0.15, 0.2) is 35.1 Å². The van der Waals surface area contributed by atoms with Crippen LogP contribution in [0.4, 0.5) is 23.2 Å². The lowest BCUT2D eigenvalue weighted by atomic mass is 9.68. The zero-order valence-electron chi connectivity index (χ0n) is 18.3. The van der Waals surface area contributed by atoms with Gasteiger partial charge < -0.3 is 20.5 Å². The van der Waals surface area contributed by atoms with Crippen LogP contribution in [0.1, 0.15) is 54.0 Å². The summed E-state index contributed by atoms with van der Waals surface area (Å²) in [6.07, 6.45) is -5.43. The van der Waals surface area contributed by atoms with Crippen molar-refractivity contribution in [3.05, 3.63) is 68.8 Å². The van der Waals surface area contributed by atoms with Gasteiger partial charge in [-0.2, -0.15) is 13.2 Å². The number of hydrogen-bond acceptors (Lipinski definition) is 4. The minimum absolute atomic E-state index is 0.0560. The van der Waals surface area contributed by atoms with Crippen molar-refractivity contribution in [2.75, 3.05) is 5.32 Å². The molecule has 176 valence electrons. The van der Waals surface area contributed by atoms with Crippen molar-refractivity contribution < 1.29 is 27.8 Å². The number of hydrogen-bond donors (Lipinski definition) is 4. The summed E-state index contributed by atoms with van der Waals surface area (Å²) in [5.74, 6) is -1.58. The fourth-order valence-corrected chi connectivity index (χ4v) is 4.81. The lowest BCUT2D eigenvalue weighted by molar-refractivity contribution is -0.272. The van der Waals surface area contributed by atoms with Gasteiger partial charge in [-0.25, -0.2) is 4.39 Å². The van der Waals surface area contributed by atoms with Gasteiger partial charge in [0.1, 0.15) is 11.6 Å². The molecule has 3 aromatic rings. The van der Waals surface area contributed by atoms with Crippen LogP contribution in [-0.4, -0.2) is 27.0 Å². The van der Waals surface area contributed by atoms with Gasteiger partial charge in [-0.1, -0.05) is 25.1 Å². The van der Waals surface area contributed by atoms with Gasteiger partial charge in [-0.15, -0.1) is 0 Å². The first kappa shape index (κ1) is 23.1. The molecule has 0 radical (unpaired) electrons. The summed E-state index contributed by atoms with van der Waals surface area (Å²) in [4.78, 5) is 14.5. The van der Waals surface area contributed by atoms with Gasteiger partial charge in [-0.3, -0.25) is 4.79 Å². The van der Waals surface area contributed by atoms with Gasteiger partial charge in [0.25, 0.3) is 5.56 Å². The number of alkyl halides is 3. The molecule has 1 unspecified atom stereocenters. The molecule has 2 aromatic carbocycles. The second-order valence-corrected chi connectivity index (χ2v) is 8.69. The number of aromatic hydroxyl groups is 1. The van der Waals surface area contributed by atoms with Crippen molar-refractivity contribution in [3.63, 3.8) is 0 Å². The Morgan fingerprint density at radius 3 is 2.58 bits per heavy atom. The maximum atomic E-state index is 14.3. The Kier molecular flexibility index (Phi) is 5.43. The number of nitrogens with one attached hydrogen (secondary N) is 2. The van der Waals surface area contributed by atoms with Crippen LogP contribution >= 0.6 is 0 Å². The fourth-order valence-electron chi connectivity index (χ4n) is 4.81. The smallest absolute Gasteiger partial charge is 0.419 e. The predicted molar refractivity (Wildman–Crippen MR) is 117 cm³/mol. The molecular weight excluding hydrogens is 440 g/mol. The molecule has 5 nitrogen and oxygen atoms in total. The third-order valence-corrected chi connectivity index (χ3v) is 6.75. The van der Waals surface area contributed by atoms with E-state index in [4.69, 9.17) is 0 Å². The Bertz CT molecular complexity index is 1300. The molecular formula is C24H24F4N2O3. The third kappa shape index (κ3) is 3.55. The van der Waals surface area contributed by atoms with Gasteiger partial charge in [0, 0.05) is 22.7 Å². The highest BCUT2D eigenvalue weighted by Gasteiger charge is 2.62. The minimum Gasteiger partial charge on any atom is -0.507 e. The van der Waals surface area contributed by atoms with E-state index >= 15 is 0 Å². The molecule has 33 heavy (non-hydrogen) atoms. The number of rotatable bonds is 3. The van der Waals surface area contributed by atoms with E-state index in [9.17, 15) is 32.6 Å². The van der Waals surface area contributed by atoms with Crippen molar-refractivity contribution in [1.82, 2.24) is 4.98 Å². The zero-order chi connectivity index (χ0) is 24.3. The number of H-pyrrole nitrogens is 1. The van der Waals surface area contributed by atoms with Gasteiger partial charge in [0.2, 0.25) is 0 Å². The summed E-state index contributed by atoms with van der Waals surface area (Å²) in [6.45, 7) is 5.03. The number of aryl methyl sites for hydroxylation is 1. The van der Waals surface area contributed by atoms with Crippen LogP contribution in [0.25, 0.3) is 10.9 Å².